The van der Waals surface area contributed by atoms with E-state index < -0.39 is 0 Å². The second-order valence-electron chi connectivity index (χ2n) is 15.2. The SMILES string of the molecule is C=C/C=C\C=C\c1nc(-c2ccccc2)nc(-c2c3ccccc3c(-c3cc(Cc4ccccc4)c(-c4ccc5ccccc5c4NC)c4ccccc34)c3ccccc23)n1. The molecule has 1 aromatic heterocycles. The highest BCUT2D eigenvalue weighted by atomic mass is 15.0. The lowest BCUT2D eigenvalue weighted by Crippen LogP contribution is -2.02. The number of nitrogens with zero attached hydrogens (tertiary/aromatic N) is 3. The summed E-state index contributed by atoms with van der Waals surface area (Å²) in [7, 11) is 2.03. The normalized spacial score (nSPS) is 11.7. The molecule has 0 saturated heterocycles. The van der Waals surface area contributed by atoms with Crippen LogP contribution in [0.15, 0.2) is 207 Å². The molecule has 10 aromatic rings. The van der Waals surface area contributed by atoms with Crippen LogP contribution in [-0.4, -0.2) is 22.0 Å². The van der Waals surface area contributed by atoms with E-state index in [1.54, 1.807) is 6.08 Å². The Kier molecular flexibility index (Phi) is 10.0. The summed E-state index contributed by atoms with van der Waals surface area (Å²) < 4.78 is 0. The molecule has 1 heterocycles. The standard InChI is InChI=1S/C57H42N4/c1-3-4-5-12-33-51-59-56(40-24-10-7-11-25-40)61-57(60-51)54-47-31-19-17-29-45(47)53(46-30-18-20-32-48(46)54)50-37-41(36-38-21-8-6-9-22-38)52(44-28-16-15-27-43(44)50)49-35-34-39-23-13-14-26-42(39)55(49)58-2/h3-35,37,58H,1,36H2,2H3/b5-4-,33-12+. The molecule has 0 fully saturated rings. The molecule has 0 spiro atoms. The van der Waals surface area contributed by atoms with Crippen LogP contribution in [0.4, 0.5) is 5.69 Å². The average molecular weight is 783 g/mol. The lowest BCUT2D eigenvalue weighted by Gasteiger charge is -2.23. The first-order chi connectivity index (χ1) is 30.2. The van der Waals surface area contributed by atoms with Crippen LogP contribution in [0, 0.1) is 0 Å². The number of fused-ring (bicyclic) bond motifs is 4. The molecular formula is C57H42N4. The third-order valence-electron chi connectivity index (χ3n) is 11.5. The van der Waals surface area contributed by atoms with Crippen LogP contribution in [0.3, 0.4) is 0 Å². The zero-order valence-electron chi connectivity index (χ0n) is 33.9. The van der Waals surface area contributed by atoms with Crippen molar-refractivity contribution in [2.45, 2.75) is 6.42 Å². The molecule has 0 amide bonds. The van der Waals surface area contributed by atoms with Crippen molar-refractivity contribution in [2.24, 2.45) is 0 Å². The molecule has 0 bridgehead atoms. The van der Waals surface area contributed by atoms with Crippen molar-refractivity contribution >= 4 is 54.9 Å². The summed E-state index contributed by atoms with van der Waals surface area (Å²) in [5.74, 6) is 1.83. The van der Waals surface area contributed by atoms with Crippen molar-refractivity contribution in [3.63, 3.8) is 0 Å². The Labute approximate surface area is 356 Å². The van der Waals surface area contributed by atoms with E-state index in [9.17, 15) is 0 Å². The molecule has 0 saturated carbocycles. The van der Waals surface area contributed by atoms with Crippen molar-refractivity contribution in [1.29, 1.82) is 0 Å². The van der Waals surface area contributed by atoms with Crippen molar-refractivity contribution in [3.05, 3.63) is 224 Å². The fraction of sp³-hybridized carbons (Fsp3) is 0.0351. The highest BCUT2D eigenvalue weighted by Crippen LogP contribution is 2.48. The van der Waals surface area contributed by atoms with Gasteiger partial charge in [0.15, 0.2) is 17.5 Å². The van der Waals surface area contributed by atoms with E-state index in [-0.39, 0.29) is 0 Å². The molecule has 4 nitrogen and oxygen atoms in total. The molecule has 0 unspecified atom stereocenters. The summed E-state index contributed by atoms with van der Waals surface area (Å²) in [6.45, 7) is 3.81. The molecule has 61 heavy (non-hydrogen) atoms. The molecular weight excluding hydrogens is 741 g/mol. The number of benzene rings is 9. The third kappa shape index (κ3) is 6.94. The number of anilines is 1. The second-order valence-corrected chi connectivity index (χ2v) is 15.2. The van der Waals surface area contributed by atoms with Gasteiger partial charge in [-0.1, -0.05) is 201 Å². The topological polar surface area (TPSA) is 50.7 Å². The van der Waals surface area contributed by atoms with Crippen molar-refractivity contribution < 1.29 is 0 Å². The maximum absolute atomic E-state index is 5.22. The Morgan fingerprint density at radius 2 is 1.03 bits per heavy atom. The number of hydrogen-bond acceptors (Lipinski definition) is 4. The molecule has 0 aliphatic carbocycles. The first-order valence-electron chi connectivity index (χ1n) is 20.7. The summed E-state index contributed by atoms with van der Waals surface area (Å²) in [6, 6.07) is 63.0. The van der Waals surface area contributed by atoms with Gasteiger partial charge >= 0.3 is 0 Å². The van der Waals surface area contributed by atoms with Crippen molar-refractivity contribution in [2.75, 3.05) is 12.4 Å². The molecule has 0 atom stereocenters. The average Bonchev–Trinajstić information content (AvgIpc) is 3.32. The van der Waals surface area contributed by atoms with Crippen LogP contribution in [0.25, 0.3) is 94.2 Å². The molecule has 0 radical (unpaired) electrons. The van der Waals surface area contributed by atoms with Crippen molar-refractivity contribution in [3.8, 4) is 45.0 Å². The van der Waals surface area contributed by atoms with Gasteiger partial charge in [-0.3, -0.25) is 0 Å². The first kappa shape index (κ1) is 37.3. The van der Waals surface area contributed by atoms with Crippen LogP contribution < -0.4 is 5.32 Å². The Balaban J connectivity index is 1.28. The first-order valence-corrected chi connectivity index (χ1v) is 20.7. The van der Waals surface area contributed by atoms with Crippen LogP contribution in [0.5, 0.6) is 0 Å². The van der Waals surface area contributed by atoms with Gasteiger partial charge in [0.2, 0.25) is 0 Å². The summed E-state index contributed by atoms with van der Waals surface area (Å²) >= 11 is 0. The number of hydrogen-bond donors (Lipinski definition) is 1. The number of nitrogens with one attached hydrogen (secondary N) is 1. The van der Waals surface area contributed by atoms with E-state index in [0.717, 1.165) is 44.8 Å². The Hall–Kier alpha value is -7.95. The van der Waals surface area contributed by atoms with Crippen LogP contribution >= 0.6 is 0 Å². The number of rotatable bonds is 10. The predicted octanol–water partition coefficient (Wildman–Crippen LogP) is 14.5. The maximum atomic E-state index is 5.22. The number of allylic oxidation sites excluding steroid dienone is 4. The Morgan fingerprint density at radius 3 is 1.69 bits per heavy atom. The fourth-order valence-corrected chi connectivity index (χ4v) is 8.90. The maximum Gasteiger partial charge on any atom is 0.165 e. The van der Waals surface area contributed by atoms with E-state index >= 15 is 0 Å². The lowest BCUT2D eigenvalue weighted by atomic mass is 9.81. The fourth-order valence-electron chi connectivity index (χ4n) is 8.90. The van der Waals surface area contributed by atoms with Gasteiger partial charge in [-0.05, 0) is 84.1 Å². The van der Waals surface area contributed by atoms with Crippen molar-refractivity contribution in [1.82, 2.24) is 15.0 Å². The van der Waals surface area contributed by atoms with Gasteiger partial charge in [0.1, 0.15) is 0 Å². The summed E-state index contributed by atoms with van der Waals surface area (Å²) in [6.07, 6.45) is 10.2. The zero-order valence-corrected chi connectivity index (χ0v) is 33.9. The van der Waals surface area contributed by atoms with E-state index in [1.807, 2.05) is 61.7 Å². The van der Waals surface area contributed by atoms with Crippen LogP contribution in [-0.2, 0) is 6.42 Å². The minimum absolute atomic E-state index is 0.580. The molecule has 290 valence electrons. The van der Waals surface area contributed by atoms with Crippen LogP contribution in [0.1, 0.15) is 17.0 Å². The highest BCUT2D eigenvalue weighted by Gasteiger charge is 2.24. The third-order valence-corrected chi connectivity index (χ3v) is 11.5. The van der Waals surface area contributed by atoms with E-state index in [1.165, 1.54) is 54.9 Å². The van der Waals surface area contributed by atoms with E-state index in [4.69, 9.17) is 15.0 Å². The second kappa shape index (κ2) is 16.4. The smallest absolute Gasteiger partial charge is 0.165 e. The molecule has 4 heteroatoms. The minimum Gasteiger partial charge on any atom is -0.387 e. The molecule has 9 aromatic carbocycles. The summed E-state index contributed by atoms with van der Waals surface area (Å²) in [5, 5.41) is 12.9. The van der Waals surface area contributed by atoms with Gasteiger partial charge in [0.05, 0.1) is 0 Å². The lowest BCUT2D eigenvalue weighted by molar-refractivity contribution is 1.05. The summed E-state index contributed by atoms with van der Waals surface area (Å²) in [5.41, 5.74) is 10.4. The monoisotopic (exact) mass is 782 g/mol. The molecule has 0 aliphatic rings. The van der Waals surface area contributed by atoms with Gasteiger partial charge < -0.3 is 5.32 Å². The Bertz CT molecular complexity index is 3270. The zero-order chi connectivity index (χ0) is 41.1. The van der Waals surface area contributed by atoms with Gasteiger partial charge in [0.25, 0.3) is 0 Å². The van der Waals surface area contributed by atoms with Gasteiger partial charge in [-0.2, -0.15) is 0 Å². The molecule has 1 N–H and O–H groups in total. The quantitative estimate of drug-likeness (QED) is 0.111. The summed E-state index contributed by atoms with van der Waals surface area (Å²) in [4.78, 5) is 15.3. The number of aromatic nitrogens is 3. The van der Waals surface area contributed by atoms with E-state index in [2.05, 4.69) is 157 Å². The van der Waals surface area contributed by atoms with Gasteiger partial charge in [0, 0.05) is 34.8 Å². The highest BCUT2D eigenvalue weighted by molar-refractivity contribution is 6.24. The predicted molar refractivity (Wildman–Crippen MR) is 259 cm³/mol. The largest absolute Gasteiger partial charge is 0.387 e. The Morgan fingerprint density at radius 1 is 0.475 bits per heavy atom. The van der Waals surface area contributed by atoms with Crippen LogP contribution in [0.2, 0.25) is 0 Å². The van der Waals surface area contributed by atoms with Gasteiger partial charge in [-0.15, -0.1) is 0 Å². The molecule has 10 rings (SSSR count). The van der Waals surface area contributed by atoms with Gasteiger partial charge in [-0.25, -0.2) is 15.0 Å². The minimum atomic E-state index is 0.580. The van der Waals surface area contributed by atoms with E-state index in [0.29, 0.717) is 17.5 Å². The molecule has 0 aliphatic heterocycles.